The molecule has 0 heterocycles. The number of allylic oxidation sites excluding steroid dienone is 2. The van der Waals surface area contributed by atoms with Crippen LogP contribution in [0.2, 0.25) is 5.02 Å². The number of ketones is 1. The molecule has 0 aromatic heterocycles. The lowest BCUT2D eigenvalue weighted by Gasteiger charge is -2.19. The summed E-state index contributed by atoms with van der Waals surface area (Å²) in [5.74, 6) is 0.866. The summed E-state index contributed by atoms with van der Waals surface area (Å²) in [6.45, 7) is 12.8. The van der Waals surface area contributed by atoms with Crippen LogP contribution in [-0.2, 0) is 16.0 Å². The molecule has 1 aromatic carbocycles. The Morgan fingerprint density at radius 1 is 1.35 bits per heavy atom. The van der Waals surface area contributed by atoms with Gasteiger partial charge in [0.15, 0.2) is 5.78 Å². The number of methoxy groups -OCH3 is 1. The number of hydrogen-bond acceptors (Lipinski definition) is 3. The van der Waals surface area contributed by atoms with Crippen molar-refractivity contribution in [2.24, 2.45) is 5.41 Å². The average Bonchev–Trinajstić information content (AvgIpc) is 2.57. The summed E-state index contributed by atoms with van der Waals surface area (Å²) < 4.78 is 11.0. The van der Waals surface area contributed by atoms with Gasteiger partial charge in [0.05, 0.1) is 18.6 Å². The molecule has 0 spiro atoms. The minimum Gasteiger partial charge on any atom is -0.493 e. The van der Waals surface area contributed by atoms with Crippen LogP contribution in [0.4, 0.5) is 0 Å². The van der Waals surface area contributed by atoms with Gasteiger partial charge in [-0.3, -0.25) is 4.79 Å². The van der Waals surface area contributed by atoms with Gasteiger partial charge in [-0.1, -0.05) is 50.6 Å². The molecule has 0 fully saturated rings. The van der Waals surface area contributed by atoms with Crippen molar-refractivity contribution >= 4 is 17.4 Å². The van der Waals surface area contributed by atoms with Gasteiger partial charge in [-0.05, 0) is 49.1 Å². The molecular weight excluding hydrogens is 348 g/mol. The first-order valence-corrected chi connectivity index (χ1v) is 9.37. The van der Waals surface area contributed by atoms with Gasteiger partial charge in [0.1, 0.15) is 5.75 Å². The van der Waals surface area contributed by atoms with E-state index >= 15 is 0 Å². The molecule has 4 heteroatoms. The highest BCUT2D eigenvalue weighted by Gasteiger charge is 2.24. The Morgan fingerprint density at radius 3 is 2.65 bits per heavy atom. The summed E-state index contributed by atoms with van der Waals surface area (Å²) in [4.78, 5) is 12.3. The van der Waals surface area contributed by atoms with Crippen LogP contribution >= 0.6 is 11.6 Å². The number of rotatable bonds is 11. The molecule has 0 aliphatic heterocycles. The van der Waals surface area contributed by atoms with Crippen LogP contribution in [0.25, 0.3) is 0 Å². The van der Waals surface area contributed by atoms with E-state index in [1.54, 1.807) is 13.2 Å². The van der Waals surface area contributed by atoms with E-state index in [1.165, 1.54) is 5.57 Å². The number of benzene rings is 1. The monoisotopic (exact) mass is 378 g/mol. The molecule has 26 heavy (non-hydrogen) atoms. The average molecular weight is 379 g/mol. The van der Waals surface area contributed by atoms with E-state index < -0.39 is 5.41 Å². The molecule has 0 atom stereocenters. The van der Waals surface area contributed by atoms with Crippen LogP contribution in [0.1, 0.15) is 44.7 Å². The number of aryl methyl sites for hydroxylation is 1. The van der Waals surface area contributed by atoms with E-state index in [4.69, 9.17) is 21.1 Å². The quantitative estimate of drug-likeness (QED) is 0.364. The molecule has 0 aliphatic carbocycles. The first kappa shape index (κ1) is 22.5. The van der Waals surface area contributed by atoms with Crippen molar-refractivity contribution in [3.05, 3.63) is 52.6 Å². The summed E-state index contributed by atoms with van der Waals surface area (Å²) in [6.07, 6.45) is 5.84. The fourth-order valence-electron chi connectivity index (χ4n) is 2.44. The zero-order valence-electron chi connectivity index (χ0n) is 16.7. The SMILES string of the molecule is C=C(CC)CCOc1cc(CC=CC(=O)C(C)(C)COC)c(Cl)cc1C. The molecule has 1 rings (SSSR count). The van der Waals surface area contributed by atoms with E-state index in [2.05, 4.69) is 13.5 Å². The Labute approximate surface area is 163 Å². The molecule has 0 N–H and O–H groups in total. The van der Waals surface area contributed by atoms with Crippen LogP contribution in [0.3, 0.4) is 0 Å². The van der Waals surface area contributed by atoms with Crippen LogP contribution in [0.5, 0.6) is 5.75 Å². The smallest absolute Gasteiger partial charge is 0.163 e. The Bertz CT molecular complexity index is 660. The zero-order valence-corrected chi connectivity index (χ0v) is 17.4. The molecule has 0 amide bonds. The maximum absolute atomic E-state index is 12.3. The van der Waals surface area contributed by atoms with Gasteiger partial charge in [-0.15, -0.1) is 0 Å². The van der Waals surface area contributed by atoms with Crippen LogP contribution in [0.15, 0.2) is 36.4 Å². The van der Waals surface area contributed by atoms with Crippen LogP contribution in [0, 0.1) is 12.3 Å². The van der Waals surface area contributed by atoms with E-state index in [0.717, 1.165) is 29.7 Å². The molecule has 0 bridgehead atoms. The first-order valence-electron chi connectivity index (χ1n) is 8.99. The first-order chi connectivity index (χ1) is 12.2. The normalized spacial score (nSPS) is 11.8. The standard InChI is InChI=1S/C22H31ClO3/c1-7-16(2)11-12-26-20-14-18(19(23)13-17(20)3)9-8-10-21(24)22(4,5)15-25-6/h8,10,13-14H,2,7,9,11-12,15H2,1,3-6H3. The second kappa shape index (κ2) is 10.5. The lowest BCUT2D eigenvalue weighted by atomic mass is 9.88. The largest absolute Gasteiger partial charge is 0.493 e. The number of carbonyl (C=O) groups excluding carboxylic acids is 1. The molecule has 0 unspecified atom stereocenters. The van der Waals surface area contributed by atoms with Crippen molar-refractivity contribution in [1.29, 1.82) is 0 Å². The predicted octanol–water partition coefficient (Wildman–Crippen LogP) is 5.72. The van der Waals surface area contributed by atoms with Crippen molar-refractivity contribution in [1.82, 2.24) is 0 Å². The summed E-state index contributed by atoms with van der Waals surface area (Å²) in [7, 11) is 1.60. The number of hydrogen-bond donors (Lipinski definition) is 0. The van der Waals surface area contributed by atoms with Crippen molar-refractivity contribution < 1.29 is 14.3 Å². The fraction of sp³-hybridized carbons (Fsp3) is 0.500. The number of carbonyl (C=O) groups is 1. The predicted molar refractivity (Wildman–Crippen MR) is 109 cm³/mol. The van der Waals surface area contributed by atoms with E-state index in [0.29, 0.717) is 24.7 Å². The highest BCUT2D eigenvalue weighted by Crippen LogP contribution is 2.28. The van der Waals surface area contributed by atoms with Gasteiger partial charge in [0, 0.05) is 18.6 Å². The van der Waals surface area contributed by atoms with Crippen molar-refractivity contribution in [3.8, 4) is 5.75 Å². The molecule has 1 aromatic rings. The van der Waals surface area contributed by atoms with Crippen molar-refractivity contribution in [3.63, 3.8) is 0 Å². The lowest BCUT2D eigenvalue weighted by molar-refractivity contribution is -0.124. The molecule has 0 radical (unpaired) electrons. The third-order valence-corrected chi connectivity index (χ3v) is 4.69. The zero-order chi connectivity index (χ0) is 19.7. The maximum atomic E-state index is 12.3. The summed E-state index contributed by atoms with van der Waals surface area (Å²) in [5.41, 5.74) is 2.59. The van der Waals surface area contributed by atoms with Crippen molar-refractivity contribution in [2.45, 2.75) is 47.0 Å². The molecule has 144 valence electrons. The van der Waals surface area contributed by atoms with Crippen LogP contribution in [-0.4, -0.2) is 26.1 Å². The van der Waals surface area contributed by atoms with Gasteiger partial charge >= 0.3 is 0 Å². The molecule has 0 saturated heterocycles. The summed E-state index contributed by atoms with van der Waals surface area (Å²) in [5, 5.41) is 0.682. The van der Waals surface area contributed by atoms with Gasteiger partial charge in [0.2, 0.25) is 0 Å². The maximum Gasteiger partial charge on any atom is 0.163 e. The van der Waals surface area contributed by atoms with Crippen LogP contribution < -0.4 is 4.74 Å². The molecular formula is C22H31ClO3. The Balaban J connectivity index is 2.77. The van der Waals surface area contributed by atoms with Gasteiger partial charge in [-0.25, -0.2) is 0 Å². The Morgan fingerprint density at radius 2 is 2.04 bits per heavy atom. The highest BCUT2D eigenvalue weighted by atomic mass is 35.5. The van der Waals surface area contributed by atoms with Gasteiger partial charge in [-0.2, -0.15) is 0 Å². The third kappa shape index (κ3) is 6.97. The van der Waals surface area contributed by atoms with Crippen molar-refractivity contribution in [2.75, 3.05) is 20.3 Å². The minimum absolute atomic E-state index is 0.0390. The fourth-order valence-corrected chi connectivity index (χ4v) is 2.73. The van der Waals surface area contributed by atoms with E-state index in [9.17, 15) is 4.79 Å². The number of ether oxygens (including phenoxy) is 2. The summed E-state index contributed by atoms with van der Waals surface area (Å²) in [6, 6.07) is 3.87. The molecule has 0 saturated carbocycles. The third-order valence-electron chi connectivity index (χ3n) is 4.34. The van der Waals surface area contributed by atoms with Gasteiger partial charge in [0.25, 0.3) is 0 Å². The highest BCUT2D eigenvalue weighted by molar-refractivity contribution is 6.31. The summed E-state index contributed by atoms with van der Waals surface area (Å²) >= 11 is 6.35. The second-order valence-corrected chi connectivity index (χ2v) is 7.61. The molecule has 0 aliphatic rings. The Kier molecular flexibility index (Phi) is 9.11. The van der Waals surface area contributed by atoms with E-state index in [1.807, 2.05) is 39.0 Å². The Hall–Kier alpha value is -1.58. The topological polar surface area (TPSA) is 35.5 Å². The molecule has 3 nitrogen and oxygen atoms in total. The lowest BCUT2D eigenvalue weighted by Crippen LogP contribution is -2.27. The second-order valence-electron chi connectivity index (χ2n) is 7.20. The van der Waals surface area contributed by atoms with Gasteiger partial charge < -0.3 is 9.47 Å². The van der Waals surface area contributed by atoms with E-state index in [-0.39, 0.29) is 5.78 Å². The minimum atomic E-state index is -0.529. The number of halogens is 1.